The molecule has 1 amide bonds. The van der Waals surface area contributed by atoms with Crippen molar-refractivity contribution in [2.45, 2.75) is 20.8 Å². The van der Waals surface area contributed by atoms with E-state index in [0.717, 1.165) is 0 Å². The van der Waals surface area contributed by atoms with Crippen LogP contribution in [-0.2, 0) is 4.84 Å². The third-order valence-electron chi connectivity index (χ3n) is 1.59. The van der Waals surface area contributed by atoms with Crippen molar-refractivity contribution in [2.24, 2.45) is 15.7 Å². The molecular formula is C8H15N5O2. The van der Waals surface area contributed by atoms with Gasteiger partial charge in [0.05, 0.1) is 12.3 Å². The number of azide groups is 1. The maximum atomic E-state index is 10.8. The monoisotopic (exact) mass is 213 g/mol. The molecule has 0 aliphatic heterocycles. The van der Waals surface area contributed by atoms with Gasteiger partial charge < -0.3 is 5.32 Å². The van der Waals surface area contributed by atoms with Gasteiger partial charge in [0.1, 0.15) is 0 Å². The molecule has 0 rings (SSSR count). The maximum Gasteiger partial charge on any atom is 0.433 e. The first-order valence-electron chi connectivity index (χ1n) is 4.38. The van der Waals surface area contributed by atoms with E-state index in [-0.39, 0.29) is 12.0 Å². The highest BCUT2D eigenvalue weighted by atomic mass is 16.7. The van der Waals surface area contributed by atoms with Crippen LogP contribution in [0.4, 0.5) is 4.79 Å². The molecule has 0 heterocycles. The Labute approximate surface area is 88.1 Å². The van der Waals surface area contributed by atoms with E-state index >= 15 is 0 Å². The fourth-order valence-electron chi connectivity index (χ4n) is 0.644. The summed E-state index contributed by atoms with van der Waals surface area (Å²) in [6, 6.07) is 0. The summed E-state index contributed by atoms with van der Waals surface area (Å²) in [5.41, 5.74) is 8.37. The molecule has 0 aromatic carbocycles. The Bertz CT molecular complexity index is 299. The van der Waals surface area contributed by atoms with Crippen molar-refractivity contribution < 1.29 is 9.63 Å². The van der Waals surface area contributed by atoms with E-state index in [1.54, 1.807) is 0 Å². The van der Waals surface area contributed by atoms with Gasteiger partial charge in [-0.15, -0.1) is 0 Å². The number of carbonyl (C=O) groups excluding carboxylic acids is 1. The van der Waals surface area contributed by atoms with Gasteiger partial charge in [0.25, 0.3) is 0 Å². The first-order chi connectivity index (χ1) is 6.91. The van der Waals surface area contributed by atoms with Crippen LogP contribution in [0.15, 0.2) is 10.3 Å². The molecule has 0 aliphatic rings. The standard InChI is InChI=1S/C8H15N5O2/c1-8(2,3)6(5-11-13-9)12-15-7(14)10-4/h5H2,1-4H3,(H,10,14). The summed E-state index contributed by atoms with van der Waals surface area (Å²) in [4.78, 5) is 17.9. The number of oxime groups is 1. The van der Waals surface area contributed by atoms with E-state index in [1.165, 1.54) is 7.05 Å². The smallest absolute Gasteiger partial charge is 0.323 e. The number of amides is 1. The number of hydrogen-bond donors (Lipinski definition) is 1. The molecule has 7 heteroatoms. The van der Waals surface area contributed by atoms with Crippen LogP contribution in [0.3, 0.4) is 0 Å². The van der Waals surface area contributed by atoms with Gasteiger partial charge in [0.2, 0.25) is 0 Å². The first-order valence-corrected chi connectivity index (χ1v) is 4.38. The third kappa shape index (κ3) is 5.53. The topological polar surface area (TPSA) is 99.5 Å². The van der Waals surface area contributed by atoms with Crippen LogP contribution >= 0.6 is 0 Å². The fourth-order valence-corrected chi connectivity index (χ4v) is 0.644. The van der Waals surface area contributed by atoms with Crippen LogP contribution in [0.2, 0.25) is 0 Å². The zero-order chi connectivity index (χ0) is 11.9. The fraction of sp³-hybridized carbons (Fsp3) is 0.750. The molecule has 7 nitrogen and oxygen atoms in total. The summed E-state index contributed by atoms with van der Waals surface area (Å²) < 4.78 is 0. The van der Waals surface area contributed by atoms with Gasteiger partial charge in [-0.3, -0.25) is 4.84 Å². The van der Waals surface area contributed by atoms with Gasteiger partial charge >= 0.3 is 6.09 Å². The predicted octanol–water partition coefficient (Wildman–Crippen LogP) is 2.05. The highest BCUT2D eigenvalue weighted by molar-refractivity contribution is 5.91. The Morgan fingerprint density at radius 2 is 2.13 bits per heavy atom. The number of nitrogens with one attached hydrogen (secondary N) is 1. The molecular weight excluding hydrogens is 198 g/mol. The molecule has 0 aliphatic carbocycles. The normalized spacial score (nSPS) is 11.6. The molecule has 0 atom stereocenters. The Kier molecular flexibility index (Phi) is 5.19. The van der Waals surface area contributed by atoms with E-state index in [9.17, 15) is 4.79 Å². The maximum absolute atomic E-state index is 10.8. The lowest BCUT2D eigenvalue weighted by atomic mass is 9.90. The van der Waals surface area contributed by atoms with Crippen molar-refractivity contribution >= 4 is 11.8 Å². The minimum Gasteiger partial charge on any atom is -0.323 e. The highest BCUT2D eigenvalue weighted by Crippen LogP contribution is 2.16. The van der Waals surface area contributed by atoms with Crippen LogP contribution in [-0.4, -0.2) is 25.4 Å². The molecule has 0 aromatic heterocycles. The van der Waals surface area contributed by atoms with E-state index in [1.807, 2.05) is 20.8 Å². The van der Waals surface area contributed by atoms with E-state index in [2.05, 4.69) is 25.3 Å². The van der Waals surface area contributed by atoms with Crippen molar-refractivity contribution in [1.29, 1.82) is 0 Å². The third-order valence-corrected chi connectivity index (χ3v) is 1.59. The molecule has 15 heavy (non-hydrogen) atoms. The summed E-state index contributed by atoms with van der Waals surface area (Å²) in [7, 11) is 1.43. The van der Waals surface area contributed by atoms with Crippen LogP contribution in [0, 0.1) is 5.41 Å². The molecule has 0 saturated carbocycles. The second kappa shape index (κ2) is 5.87. The summed E-state index contributed by atoms with van der Waals surface area (Å²) in [5, 5.41) is 9.28. The van der Waals surface area contributed by atoms with Gasteiger partial charge in [0.15, 0.2) is 0 Å². The summed E-state index contributed by atoms with van der Waals surface area (Å²) >= 11 is 0. The molecule has 0 bridgehead atoms. The number of hydrogen-bond acceptors (Lipinski definition) is 4. The van der Waals surface area contributed by atoms with Crippen molar-refractivity contribution in [3.63, 3.8) is 0 Å². The quantitative estimate of drug-likeness (QED) is 0.194. The Balaban J connectivity index is 4.62. The molecule has 1 N–H and O–H groups in total. The van der Waals surface area contributed by atoms with Crippen molar-refractivity contribution in [1.82, 2.24) is 5.32 Å². The SMILES string of the molecule is CNC(=O)ON=C(CN=[N+]=[N-])C(C)(C)C. The lowest BCUT2D eigenvalue weighted by Gasteiger charge is -2.18. The van der Waals surface area contributed by atoms with Gasteiger partial charge in [-0.1, -0.05) is 31.0 Å². The zero-order valence-electron chi connectivity index (χ0n) is 9.31. The Morgan fingerprint density at radius 3 is 2.53 bits per heavy atom. The number of rotatable bonds is 3. The second-order valence-corrected chi connectivity index (χ2v) is 3.81. The summed E-state index contributed by atoms with van der Waals surface area (Å²) in [6.07, 6.45) is -0.655. The average Bonchev–Trinajstić information content (AvgIpc) is 2.15. The molecule has 84 valence electrons. The highest BCUT2D eigenvalue weighted by Gasteiger charge is 2.19. The number of nitrogens with zero attached hydrogens (tertiary/aromatic N) is 4. The average molecular weight is 213 g/mol. The van der Waals surface area contributed by atoms with Crippen LogP contribution in [0.5, 0.6) is 0 Å². The largest absolute Gasteiger partial charge is 0.433 e. The molecule has 0 unspecified atom stereocenters. The van der Waals surface area contributed by atoms with Gasteiger partial charge in [-0.25, -0.2) is 4.79 Å². The van der Waals surface area contributed by atoms with Crippen molar-refractivity contribution in [3.05, 3.63) is 10.4 Å². The molecule has 0 spiro atoms. The lowest BCUT2D eigenvalue weighted by molar-refractivity contribution is 0.151. The van der Waals surface area contributed by atoms with E-state index in [4.69, 9.17) is 5.53 Å². The summed E-state index contributed by atoms with van der Waals surface area (Å²) in [5.74, 6) is 0. The van der Waals surface area contributed by atoms with E-state index < -0.39 is 6.09 Å². The molecule has 0 saturated heterocycles. The van der Waals surface area contributed by atoms with Gasteiger partial charge in [0, 0.05) is 17.4 Å². The molecule has 0 radical (unpaired) electrons. The second-order valence-electron chi connectivity index (χ2n) is 3.81. The van der Waals surface area contributed by atoms with Crippen LogP contribution in [0.1, 0.15) is 20.8 Å². The van der Waals surface area contributed by atoms with E-state index in [0.29, 0.717) is 5.71 Å². The van der Waals surface area contributed by atoms with Crippen molar-refractivity contribution in [3.8, 4) is 0 Å². The first kappa shape index (κ1) is 13.2. The molecule has 0 fully saturated rings. The molecule has 0 aromatic rings. The Morgan fingerprint density at radius 1 is 1.53 bits per heavy atom. The van der Waals surface area contributed by atoms with Gasteiger partial charge in [-0.2, -0.15) is 0 Å². The Hall–Kier alpha value is -1.75. The predicted molar refractivity (Wildman–Crippen MR) is 56.4 cm³/mol. The van der Waals surface area contributed by atoms with Crippen LogP contribution in [0.25, 0.3) is 10.4 Å². The van der Waals surface area contributed by atoms with Crippen molar-refractivity contribution in [2.75, 3.05) is 13.6 Å². The summed E-state index contributed by atoms with van der Waals surface area (Å²) in [6.45, 7) is 5.72. The lowest BCUT2D eigenvalue weighted by Crippen LogP contribution is -2.25. The minimum absolute atomic E-state index is 0.0804. The number of carbonyl (C=O) groups is 1. The van der Waals surface area contributed by atoms with Gasteiger partial charge in [-0.05, 0) is 5.53 Å². The van der Waals surface area contributed by atoms with Crippen LogP contribution < -0.4 is 5.32 Å². The minimum atomic E-state index is -0.655. The zero-order valence-corrected chi connectivity index (χ0v) is 9.31.